The van der Waals surface area contributed by atoms with Crippen LogP contribution in [0.2, 0.25) is 0 Å². The summed E-state index contributed by atoms with van der Waals surface area (Å²) in [4.78, 5) is 51.0. The summed E-state index contributed by atoms with van der Waals surface area (Å²) in [7, 11) is 0. The first-order valence-electron chi connectivity index (χ1n) is 9.64. The van der Waals surface area contributed by atoms with E-state index in [4.69, 9.17) is 11.5 Å². The molecule has 0 aliphatic carbocycles. The second kappa shape index (κ2) is 11.4. The maximum absolute atomic E-state index is 12.9. The standard InChI is InChI=1S/C20H27N5O5S/c1-31-7-6-15(20(29)30)24-19(28)16(25-18(27)13(21)9-17(22)26)8-11-10-23-14-5-3-2-4-12(11)14/h2-5,10,13,15-16,23H,6-9,21H2,1H3,(H2,22,26)(H,24,28)(H,25,27)(H,29,30). The van der Waals surface area contributed by atoms with E-state index in [2.05, 4.69) is 15.6 Å². The number of H-pyrrole nitrogens is 1. The van der Waals surface area contributed by atoms with Crippen LogP contribution in [0.3, 0.4) is 0 Å². The Hall–Kier alpha value is -3.05. The monoisotopic (exact) mass is 449 g/mol. The van der Waals surface area contributed by atoms with Crippen LogP contribution in [0.1, 0.15) is 18.4 Å². The maximum Gasteiger partial charge on any atom is 0.326 e. The summed E-state index contributed by atoms with van der Waals surface area (Å²) in [5.74, 6) is -2.75. The molecule has 10 nitrogen and oxygen atoms in total. The van der Waals surface area contributed by atoms with Crippen LogP contribution in [0.15, 0.2) is 30.5 Å². The predicted molar refractivity (Wildman–Crippen MR) is 118 cm³/mol. The highest BCUT2D eigenvalue weighted by Gasteiger charge is 2.29. The van der Waals surface area contributed by atoms with Gasteiger partial charge in [0.25, 0.3) is 0 Å². The van der Waals surface area contributed by atoms with Gasteiger partial charge >= 0.3 is 5.97 Å². The molecule has 0 saturated heterocycles. The number of primary amides is 1. The molecule has 168 valence electrons. The second-order valence-corrected chi connectivity index (χ2v) is 8.07. The summed E-state index contributed by atoms with van der Waals surface area (Å²) in [5, 5.41) is 15.3. The Kier molecular flexibility index (Phi) is 8.88. The Labute approximate surface area is 183 Å². The van der Waals surface area contributed by atoms with Crippen LogP contribution in [-0.2, 0) is 25.6 Å². The van der Waals surface area contributed by atoms with Crippen LogP contribution in [0.5, 0.6) is 0 Å². The zero-order valence-electron chi connectivity index (χ0n) is 17.1. The van der Waals surface area contributed by atoms with Crippen molar-refractivity contribution in [2.75, 3.05) is 12.0 Å². The summed E-state index contributed by atoms with van der Waals surface area (Å²) in [6.45, 7) is 0. The SMILES string of the molecule is CSCCC(NC(=O)C(Cc1c[nH]c2ccccc12)NC(=O)C(N)CC(N)=O)C(=O)O. The zero-order chi connectivity index (χ0) is 23.0. The van der Waals surface area contributed by atoms with E-state index in [-0.39, 0.29) is 19.3 Å². The van der Waals surface area contributed by atoms with Crippen LogP contribution in [0.4, 0.5) is 0 Å². The van der Waals surface area contributed by atoms with Crippen LogP contribution in [-0.4, -0.2) is 63.9 Å². The molecule has 2 aromatic rings. The number of rotatable bonds is 12. The van der Waals surface area contributed by atoms with Gasteiger partial charge in [0.2, 0.25) is 17.7 Å². The Morgan fingerprint density at radius 3 is 2.45 bits per heavy atom. The summed E-state index contributed by atoms with van der Waals surface area (Å²) in [5.41, 5.74) is 12.4. The molecule has 3 atom stereocenters. The van der Waals surface area contributed by atoms with E-state index in [1.165, 1.54) is 11.8 Å². The average Bonchev–Trinajstić information content (AvgIpc) is 3.12. The first kappa shape index (κ1) is 24.2. The van der Waals surface area contributed by atoms with Crippen LogP contribution >= 0.6 is 11.8 Å². The Balaban J connectivity index is 2.23. The number of aliphatic carboxylic acids is 1. The number of carboxylic acids is 1. The molecule has 3 amide bonds. The van der Waals surface area contributed by atoms with Crippen molar-refractivity contribution in [2.45, 2.75) is 37.4 Å². The third kappa shape index (κ3) is 7.00. The van der Waals surface area contributed by atoms with Gasteiger partial charge in [-0.1, -0.05) is 18.2 Å². The molecule has 31 heavy (non-hydrogen) atoms. The molecular formula is C20H27N5O5S. The van der Waals surface area contributed by atoms with Crippen LogP contribution < -0.4 is 22.1 Å². The van der Waals surface area contributed by atoms with Crippen molar-refractivity contribution in [1.82, 2.24) is 15.6 Å². The van der Waals surface area contributed by atoms with Crippen molar-refractivity contribution in [2.24, 2.45) is 11.5 Å². The number of benzene rings is 1. The van der Waals surface area contributed by atoms with Crippen molar-refractivity contribution in [1.29, 1.82) is 0 Å². The van der Waals surface area contributed by atoms with Gasteiger partial charge in [0.15, 0.2) is 0 Å². The van der Waals surface area contributed by atoms with Gasteiger partial charge in [-0.05, 0) is 30.1 Å². The van der Waals surface area contributed by atoms with Crippen LogP contribution in [0, 0.1) is 0 Å². The van der Waals surface area contributed by atoms with E-state index in [1.807, 2.05) is 30.5 Å². The van der Waals surface area contributed by atoms with E-state index in [1.54, 1.807) is 6.20 Å². The molecular weight excluding hydrogens is 422 g/mol. The molecule has 0 aliphatic rings. The molecule has 0 spiro atoms. The third-order valence-electron chi connectivity index (χ3n) is 4.72. The smallest absolute Gasteiger partial charge is 0.326 e. The fourth-order valence-electron chi connectivity index (χ4n) is 3.08. The van der Waals surface area contributed by atoms with Gasteiger partial charge in [0.1, 0.15) is 12.1 Å². The van der Waals surface area contributed by atoms with Crippen molar-refractivity contribution in [3.63, 3.8) is 0 Å². The molecule has 1 aromatic heterocycles. The lowest BCUT2D eigenvalue weighted by molar-refractivity contribution is -0.142. The van der Waals surface area contributed by atoms with Crippen molar-refractivity contribution >= 4 is 46.4 Å². The molecule has 0 bridgehead atoms. The predicted octanol–water partition coefficient (Wildman–Crippen LogP) is -0.280. The number of hydrogen-bond donors (Lipinski definition) is 6. The van der Waals surface area contributed by atoms with Gasteiger partial charge in [-0.2, -0.15) is 11.8 Å². The number of fused-ring (bicyclic) bond motifs is 1. The van der Waals surface area contributed by atoms with E-state index < -0.39 is 41.8 Å². The fourth-order valence-corrected chi connectivity index (χ4v) is 3.55. The number of thioether (sulfide) groups is 1. The fraction of sp³-hybridized carbons (Fsp3) is 0.400. The molecule has 0 aliphatic heterocycles. The number of para-hydroxylation sites is 1. The lowest BCUT2D eigenvalue weighted by atomic mass is 10.0. The molecule has 1 heterocycles. The molecule has 11 heteroatoms. The molecule has 3 unspecified atom stereocenters. The number of nitrogens with one attached hydrogen (secondary N) is 3. The summed E-state index contributed by atoms with van der Waals surface area (Å²) in [6.07, 6.45) is 3.51. The van der Waals surface area contributed by atoms with Crippen molar-refractivity contribution in [3.8, 4) is 0 Å². The first-order chi connectivity index (χ1) is 14.7. The lowest BCUT2D eigenvalue weighted by Gasteiger charge is -2.22. The molecule has 0 radical (unpaired) electrons. The van der Waals surface area contributed by atoms with E-state index in [0.717, 1.165) is 16.5 Å². The summed E-state index contributed by atoms with van der Waals surface area (Å²) < 4.78 is 0. The highest BCUT2D eigenvalue weighted by Crippen LogP contribution is 2.19. The first-order valence-corrected chi connectivity index (χ1v) is 11.0. The largest absolute Gasteiger partial charge is 0.480 e. The van der Waals surface area contributed by atoms with Gasteiger partial charge < -0.3 is 32.2 Å². The molecule has 0 fully saturated rings. The van der Waals surface area contributed by atoms with Gasteiger partial charge in [-0.25, -0.2) is 4.79 Å². The number of carbonyl (C=O) groups excluding carboxylic acids is 3. The number of carbonyl (C=O) groups is 4. The maximum atomic E-state index is 12.9. The van der Waals surface area contributed by atoms with Gasteiger partial charge in [0.05, 0.1) is 12.5 Å². The minimum Gasteiger partial charge on any atom is -0.480 e. The Bertz CT molecular complexity index is 947. The normalized spacial score (nSPS) is 13.9. The molecule has 1 aromatic carbocycles. The number of hydrogen-bond acceptors (Lipinski definition) is 6. The quantitative estimate of drug-likeness (QED) is 0.258. The van der Waals surface area contributed by atoms with Gasteiger partial charge in [-0.3, -0.25) is 14.4 Å². The van der Waals surface area contributed by atoms with Gasteiger partial charge in [-0.15, -0.1) is 0 Å². The Morgan fingerprint density at radius 2 is 1.81 bits per heavy atom. The van der Waals surface area contributed by atoms with E-state index in [0.29, 0.717) is 5.75 Å². The van der Waals surface area contributed by atoms with Gasteiger partial charge in [0, 0.05) is 23.5 Å². The number of aromatic nitrogens is 1. The van der Waals surface area contributed by atoms with E-state index >= 15 is 0 Å². The van der Waals surface area contributed by atoms with Crippen molar-refractivity contribution in [3.05, 3.63) is 36.0 Å². The molecule has 0 saturated carbocycles. The highest BCUT2D eigenvalue weighted by molar-refractivity contribution is 7.98. The number of nitrogens with two attached hydrogens (primary N) is 2. The minimum atomic E-state index is -1.22. The number of amides is 3. The second-order valence-electron chi connectivity index (χ2n) is 7.08. The lowest BCUT2D eigenvalue weighted by Crippen LogP contribution is -2.55. The average molecular weight is 450 g/mol. The molecule has 8 N–H and O–H groups in total. The highest BCUT2D eigenvalue weighted by atomic mass is 32.2. The number of carboxylic acid groups (broad SMARTS) is 1. The van der Waals surface area contributed by atoms with Crippen molar-refractivity contribution < 1.29 is 24.3 Å². The third-order valence-corrected chi connectivity index (χ3v) is 5.36. The zero-order valence-corrected chi connectivity index (χ0v) is 17.9. The number of aromatic amines is 1. The topological polar surface area (TPSA) is 180 Å². The Morgan fingerprint density at radius 1 is 1.13 bits per heavy atom. The molecule has 2 rings (SSSR count). The summed E-state index contributed by atoms with van der Waals surface area (Å²) >= 11 is 1.46. The minimum absolute atomic E-state index is 0.0970. The van der Waals surface area contributed by atoms with Crippen LogP contribution in [0.25, 0.3) is 10.9 Å². The van der Waals surface area contributed by atoms with E-state index in [9.17, 15) is 24.3 Å². The summed E-state index contributed by atoms with van der Waals surface area (Å²) in [6, 6.07) is 4.04.